The maximum Gasteiger partial charge on any atom is 0.243 e. The summed E-state index contributed by atoms with van der Waals surface area (Å²) in [6, 6.07) is 0. The van der Waals surface area contributed by atoms with Gasteiger partial charge in [-0.2, -0.15) is 4.39 Å². The van der Waals surface area contributed by atoms with Gasteiger partial charge >= 0.3 is 0 Å². The Labute approximate surface area is 185 Å². The van der Waals surface area contributed by atoms with E-state index >= 15 is 4.39 Å². The van der Waals surface area contributed by atoms with Crippen LogP contribution in [-0.2, 0) is 21.0 Å². The van der Waals surface area contributed by atoms with Gasteiger partial charge in [0.2, 0.25) is 18.1 Å². The standard InChI is InChI=1S/C20H30F2N6O4/c1-32-15-6-7-27(11-15)19-17(22)18(23-16(9-21)24-19)25-26-20(30)14(10-28(31)12-29)8-13-4-2-3-5-13/h12-15,31H,2-11H2,1H3,(H,26,30)(H,23,24,25)/t14-,15+/m1/s1. The number of halogens is 2. The zero-order valence-electron chi connectivity index (χ0n) is 18.1. The molecular weight excluding hydrogens is 426 g/mol. The molecule has 3 rings (SSSR count). The third-order valence-electron chi connectivity index (χ3n) is 6.07. The van der Waals surface area contributed by atoms with Crippen molar-refractivity contribution in [2.45, 2.75) is 51.3 Å². The lowest BCUT2D eigenvalue weighted by atomic mass is 9.92. The molecular formula is C20H30F2N6O4. The van der Waals surface area contributed by atoms with Crippen molar-refractivity contribution < 1.29 is 28.3 Å². The van der Waals surface area contributed by atoms with Gasteiger partial charge in [0.15, 0.2) is 17.5 Å². The highest BCUT2D eigenvalue weighted by Crippen LogP contribution is 2.31. The summed E-state index contributed by atoms with van der Waals surface area (Å²) in [6.07, 6.45) is 5.43. The number of alkyl halides is 1. The number of nitrogens with zero attached hydrogens (tertiary/aromatic N) is 4. The van der Waals surface area contributed by atoms with Crippen LogP contribution < -0.4 is 15.8 Å². The Morgan fingerprint density at radius 3 is 2.75 bits per heavy atom. The van der Waals surface area contributed by atoms with Gasteiger partial charge in [-0.15, -0.1) is 0 Å². The van der Waals surface area contributed by atoms with E-state index in [4.69, 9.17) is 4.74 Å². The molecule has 0 unspecified atom stereocenters. The first-order valence-electron chi connectivity index (χ1n) is 10.8. The molecule has 1 aromatic heterocycles. The van der Waals surface area contributed by atoms with Crippen LogP contribution in [0, 0.1) is 17.7 Å². The van der Waals surface area contributed by atoms with Gasteiger partial charge in [-0.3, -0.25) is 25.6 Å². The number of carbonyl (C=O) groups is 2. The van der Waals surface area contributed by atoms with Crippen molar-refractivity contribution in [3.63, 3.8) is 0 Å². The van der Waals surface area contributed by atoms with Crippen LogP contribution in [-0.4, -0.2) is 65.4 Å². The number of amides is 2. The Balaban J connectivity index is 1.71. The Kier molecular flexibility index (Phi) is 8.51. The number of hydrogen-bond acceptors (Lipinski definition) is 8. The van der Waals surface area contributed by atoms with Crippen molar-refractivity contribution >= 4 is 24.0 Å². The molecule has 178 valence electrons. The molecule has 12 heteroatoms. The van der Waals surface area contributed by atoms with Gasteiger partial charge in [-0.25, -0.2) is 19.4 Å². The highest BCUT2D eigenvalue weighted by molar-refractivity contribution is 5.80. The summed E-state index contributed by atoms with van der Waals surface area (Å²) in [5.74, 6) is -2.36. The number of hydroxylamine groups is 2. The monoisotopic (exact) mass is 456 g/mol. The van der Waals surface area contributed by atoms with E-state index in [0.29, 0.717) is 36.9 Å². The van der Waals surface area contributed by atoms with Crippen LogP contribution in [0.2, 0.25) is 0 Å². The number of methoxy groups -OCH3 is 1. The number of carbonyl (C=O) groups excluding carboxylic acids is 2. The van der Waals surface area contributed by atoms with Crippen LogP contribution >= 0.6 is 0 Å². The fourth-order valence-electron chi connectivity index (χ4n) is 4.35. The minimum atomic E-state index is -0.999. The van der Waals surface area contributed by atoms with E-state index < -0.39 is 24.3 Å². The summed E-state index contributed by atoms with van der Waals surface area (Å²) in [5.41, 5.74) is 4.83. The molecule has 0 radical (unpaired) electrons. The number of anilines is 2. The molecule has 1 aliphatic carbocycles. The van der Waals surface area contributed by atoms with E-state index in [9.17, 15) is 19.2 Å². The van der Waals surface area contributed by atoms with Crippen LogP contribution in [0.4, 0.5) is 20.4 Å². The predicted octanol–water partition coefficient (Wildman–Crippen LogP) is 1.80. The third kappa shape index (κ3) is 6.00. The molecule has 0 aromatic carbocycles. The topological polar surface area (TPSA) is 120 Å². The van der Waals surface area contributed by atoms with Crippen molar-refractivity contribution in [3.05, 3.63) is 11.6 Å². The molecule has 1 saturated carbocycles. The lowest BCUT2D eigenvalue weighted by molar-refractivity contribution is -0.154. The predicted molar refractivity (Wildman–Crippen MR) is 111 cm³/mol. The quantitative estimate of drug-likeness (QED) is 0.262. The molecule has 1 aromatic rings. The molecule has 1 saturated heterocycles. The molecule has 2 heterocycles. The van der Waals surface area contributed by atoms with Crippen LogP contribution in [0.25, 0.3) is 0 Å². The number of aromatic nitrogens is 2. The zero-order valence-corrected chi connectivity index (χ0v) is 18.1. The van der Waals surface area contributed by atoms with Crippen molar-refractivity contribution in [1.29, 1.82) is 0 Å². The second-order valence-electron chi connectivity index (χ2n) is 8.28. The normalized spacial score (nSPS) is 19.8. The summed E-state index contributed by atoms with van der Waals surface area (Å²) in [4.78, 5) is 33.0. The summed E-state index contributed by atoms with van der Waals surface area (Å²) >= 11 is 0. The largest absolute Gasteiger partial charge is 0.380 e. The lowest BCUT2D eigenvalue weighted by Gasteiger charge is -2.23. The third-order valence-corrected chi connectivity index (χ3v) is 6.07. The van der Waals surface area contributed by atoms with Gasteiger partial charge in [0.25, 0.3) is 0 Å². The Morgan fingerprint density at radius 2 is 2.12 bits per heavy atom. The smallest absolute Gasteiger partial charge is 0.243 e. The minimum absolute atomic E-state index is 0.0612. The van der Waals surface area contributed by atoms with Gasteiger partial charge in [0.05, 0.1) is 18.6 Å². The Morgan fingerprint density at radius 1 is 1.38 bits per heavy atom. The molecule has 0 bridgehead atoms. The SMILES string of the molecule is CO[C@H]1CCN(c2nc(CF)nc(NNC(=O)[C@H](CC3CCCC3)CN(O)C=O)c2F)C1. The number of hydrogen-bond donors (Lipinski definition) is 3. The lowest BCUT2D eigenvalue weighted by Crippen LogP contribution is -2.41. The fraction of sp³-hybridized carbons (Fsp3) is 0.700. The first-order valence-corrected chi connectivity index (χ1v) is 10.8. The Bertz CT molecular complexity index is 796. The second kappa shape index (κ2) is 11.3. The second-order valence-corrected chi connectivity index (χ2v) is 8.28. The zero-order chi connectivity index (χ0) is 23.1. The molecule has 32 heavy (non-hydrogen) atoms. The first kappa shape index (κ1) is 24.1. The van der Waals surface area contributed by atoms with Gasteiger partial charge in [0.1, 0.15) is 6.67 Å². The number of nitrogens with one attached hydrogen (secondary N) is 2. The summed E-state index contributed by atoms with van der Waals surface area (Å²) in [6.45, 7) is -0.289. The van der Waals surface area contributed by atoms with Crippen LogP contribution in [0.1, 0.15) is 44.3 Å². The summed E-state index contributed by atoms with van der Waals surface area (Å²) in [5, 5.41) is 10.00. The highest BCUT2D eigenvalue weighted by Gasteiger charge is 2.29. The molecule has 10 nitrogen and oxygen atoms in total. The van der Waals surface area contributed by atoms with Crippen molar-refractivity contribution in [2.24, 2.45) is 11.8 Å². The van der Waals surface area contributed by atoms with E-state index in [-0.39, 0.29) is 36.5 Å². The van der Waals surface area contributed by atoms with Gasteiger partial charge in [-0.05, 0) is 18.8 Å². The average molecular weight is 456 g/mol. The van der Waals surface area contributed by atoms with Crippen LogP contribution in [0.15, 0.2) is 0 Å². The van der Waals surface area contributed by atoms with E-state index in [1.54, 1.807) is 12.0 Å². The average Bonchev–Trinajstić information content (AvgIpc) is 3.49. The van der Waals surface area contributed by atoms with E-state index in [2.05, 4.69) is 20.8 Å². The molecule has 3 N–H and O–H groups in total. The van der Waals surface area contributed by atoms with Crippen molar-refractivity contribution in [1.82, 2.24) is 20.5 Å². The van der Waals surface area contributed by atoms with E-state index in [0.717, 1.165) is 25.7 Å². The molecule has 2 fully saturated rings. The van der Waals surface area contributed by atoms with Crippen LogP contribution in [0.5, 0.6) is 0 Å². The summed E-state index contributed by atoms with van der Waals surface area (Å²) < 4.78 is 33.7. The molecule has 2 amide bonds. The fourth-order valence-corrected chi connectivity index (χ4v) is 4.35. The van der Waals surface area contributed by atoms with Crippen LogP contribution in [0.3, 0.4) is 0 Å². The number of rotatable bonds is 11. The molecule has 2 aliphatic rings. The van der Waals surface area contributed by atoms with Gasteiger partial charge < -0.3 is 9.64 Å². The minimum Gasteiger partial charge on any atom is -0.380 e. The maximum absolute atomic E-state index is 15.1. The first-order chi connectivity index (χ1) is 15.4. The van der Waals surface area contributed by atoms with Gasteiger partial charge in [-0.1, -0.05) is 25.7 Å². The number of hydrazine groups is 1. The van der Waals surface area contributed by atoms with Gasteiger partial charge in [0, 0.05) is 20.2 Å². The van der Waals surface area contributed by atoms with E-state index in [1.807, 2.05) is 0 Å². The maximum atomic E-state index is 15.1. The summed E-state index contributed by atoms with van der Waals surface area (Å²) in [7, 11) is 1.57. The molecule has 0 spiro atoms. The van der Waals surface area contributed by atoms with Crippen molar-refractivity contribution in [3.8, 4) is 0 Å². The van der Waals surface area contributed by atoms with E-state index in [1.165, 1.54) is 0 Å². The number of ether oxygens (including phenoxy) is 1. The highest BCUT2D eigenvalue weighted by atomic mass is 19.1. The Hall–Kier alpha value is -2.60. The molecule has 2 atom stereocenters. The van der Waals surface area contributed by atoms with Crippen molar-refractivity contribution in [2.75, 3.05) is 37.1 Å². The molecule has 1 aliphatic heterocycles.